The van der Waals surface area contributed by atoms with Crippen LogP contribution in [0.25, 0.3) is 0 Å². The second-order valence-electron chi connectivity index (χ2n) is 3.38. The van der Waals surface area contributed by atoms with Crippen molar-refractivity contribution in [2.45, 2.75) is 25.9 Å². The number of nitrogens with one attached hydrogen (secondary N) is 2. The van der Waals surface area contributed by atoms with Gasteiger partial charge in [0.1, 0.15) is 10.4 Å². The molecule has 1 fully saturated rings. The molecule has 0 aromatic carbocycles. The number of hydrogen-bond donors (Lipinski definition) is 2. The van der Waals surface area contributed by atoms with Crippen LogP contribution in [0.1, 0.15) is 19.2 Å². The van der Waals surface area contributed by atoms with Gasteiger partial charge in [-0.05, 0) is 28.3 Å². The summed E-state index contributed by atoms with van der Waals surface area (Å²) in [6, 6.07) is 0.717. The minimum absolute atomic E-state index is 0.717. The minimum Gasteiger partial charge on any atom is -0.336 e. The summed E-state index contributed by atoms with van der Waals surface area (Å²) in [5.74, 6) is 1.85. The van der Waals surface area contributed by atoms with Gasteiger partial charge in [-0.3, -0.25) is 0 Å². The van der Waals surface area contributed by atoms with Crippen LogP contribution in [-0.4, -0.2) is 16.0 Å². The van der Waals surface area contributed by atoms with Crippen LogP contribution < -0.4 is 5.32 Å². The van der Waals surface area contributed by atoms with Crippen molar-refractivity contribution >= 4 is 15.9 Å². The lowest BCUT2D eigenvalue weighted by molar-refractivity contribution is 0.633. The van der Waals surface area contributed by atoms with Gasteiger partial charge >= 0.3 is 0 Å². The molecule has 1 saturated carbocycles. The monoisotopic (exact) mass is 229 g/mol. The van der Waals surface area contributed by atoms with E-state index in [0.29, 0.717) is 6.04 Å². The summed E-state index contributed by atoms with van der Waals surface area (Å²) in [5.41, 5.74) is 0. The lowest BCUT2D eigenvalue weighted by atomic mass is 10.4. The van der Waals surface area contributed by atoms with Gasteiger partial charge in [0.25, 0.3) is 0 Å². The lowest BCUT2D eigenvalue weighted by Crippen LogP contribution is -2.17. The highest BCUT2D eigenvalue weighted by Gasteiger charge is 2.31. The zero-order valence-electron chi connectivity index (χ0n) is 6.97. The van der Waals surface area contributed by atoms with Gasteiger partial charge in [-0.1, -0.05) is 6.92 Å². The number of aromatic amines is 1. The summed E-state index contributed by atoms with van der Waals surface area (Å²) in [6.45, 7) is 3.11. The van der Waals surface area contributed by atoms with E-state index >= 15 is 0 Å². The zero-order valence-corrected chi connectivity index (χ0v) is 8.56. The number of hydrogen-bond acceptors (Lipinski definition) is 2. The third kappa shape index (κ3) is 1.87. The molecule has 1 aromatic rings. The van der Waals surface area contributed by atoms with Crippen molar-refractivity contribution in [1.29, 1.82) is 0 Å². The summed E-state index contributed by atoms with van der Waals surface area (Å²) >= 11 is 3.32. The first-order valence-corrected chi connectivity index (χ1v) is 4.98. The van der Waals surface area contributed by atoms with Crippen molar-refractivity contribution in [3.8, 4) is 0 Å². The number of imidazole rings is 1. The maximum absolute atomic E-state index is 4.18. The highest BCUT2D eigenvalue weighted by Crippen LogP contribution is 2.29. The van der Waals surface area contributed by atoms with E-state index < -0.39 is 0 Å². The molecule has 0 bridgehead atoms. The molecule has 12 heavy (non-hydrogen) atoms. The van der Waals surface area contributed by atoms with E-state index in [1.807, 2.05) is 0 Å². The van der Waals surface area contributed by atoms with Gasteiger partial charge in [-0.15, -0.1) is 0 Å². The molecule has 1 aliphatic carbocycles. The minimum atomic E-state index is 0.717. The zero-order chi connectivity index (χ0) is 8.55. The summed E-state index contributed by atoms with van der Waals surface area (Å²) in [6.07, 6.45) is 3.09. The highest BCUT2D eigenvalue weighted by atomic mass is 79.9. The quantitative estimate of drug-likeness (QED) is 0.829. The molecule has 1 aliphatic rings. The molecule has 2 unspecified atom stereocenters. The van der Waals surface area contributed by atoms with E-state index in [1.54, 1.807) is 6.20 Å². The summed E-state index contributed by atoms with van der Waals surface area (Å²) < 4.78 is 0.947. The smallest absolute Gasteiger partial charge is 0.120 e. The van der Waals surface area contributed by atoms with Crippen LogP contribution in [0.4, 0.5) is 0 Å². The largest absolute Gasteiger partial charge is 0.336 e. The van der Waals surface area contributed by atoms with Crippen molar-refractivity contribution in [2.24, 2.45) is 5.92 Å². The van der Waals surface area contributed by atoms with Crippen LogP contribution in [0.3, 0.4) is 0 Å². The Bertz CT molecular complexity index is 271. The fourth-order valence-corrected chi connectivity index (χ4v) is 1.59. The van der Waals surface area contributed by atoms with E-state index in [1.165, 1.54) is 6.42 Å². The number of aromatic nitrogens is 2. The fourth-order valence-electron chi connectivity index (χ4n) is 1.26. The number of nitrogens with zero attached hydrogens (tertiary/aromatic N) is 1. The van der Waals surface area contributed by atoms with E-state index in [9.17, 15) is 0 Å². The summed E-state index contributed by atoms with van der Waals surface area (Å²) in [7, 11) is 0. The molecule has 1 aromatic heterocycles. The molecule has 0 amide bonds. The van der Waals surface area contributed by atoms with Crippen LogP contribution in [0, 0.1) is 5.92 Å². The third-order valence-corrected chi connectivity index (χ3v) is 2.64. The molecule has 0 spiro atoms. The van der Waals surface area contributed by atoms with Crippen molar-refractivity contribution in [2.75, 3.05) is 0 Å². The maximum Gasteiger partial charge on any atom is 0.120 e. The third-order valence-electron chi connectivity index (χ3n) is 2.24. The van der Waals surface area contributed by atoms with Crippen LogP contribution in [-0.2, 0) is 6.54 Å². The molecule has 0 radical (unpaired) electrons. The van der Waals surface area contributed by atoms with Crippen LogP contribution >= 0.6 is 15.9 Å². The van der Waals surface area contributed by atoms with Crippen LogP contribution in [0.5, 0.6) is 0 Å². The van der Waals surface area contributed by atoms with Crippen molar-refractivity contribution < 1.29 is 0 Å². The van der Waals surface area contributed by atoms with E-state index in [0.717, 1.165) is 22.9 Å². The first-order valence-electron chi connectivity index (χ1n) is 4.18. The Morgan fingerprint density at radius 3 is 3.08 bits per heavy atom. The van der Waals surface area contributed by atoms with Crippen molar-refractivity contribution in [3.05, 3.63) is 16.6 Å². The van der Waals surface area contributed by atoms with E-state index in [-0.39, 0.29) is 0 Å². The molecular weight excluding hydrogens is 218 g/mol. The topological polar surface area (TPSA) is 40.7 Å². The Morgan fingerprint density at radius 2 is 2.58 bits per heavy atom. The van der Waals surface area contributed by atoms with Gasteiger partial charge in [0.05, 0.1) is 12.7 Å². The van der Waals surface area contributed by atoms with Crippen LogP contribution in [0.2, 0.25) is 0 Å². The molecule has 0 aliphatic heterocycles. The van der Waals surface area contributed by atoms with E-state index in [4.69, 9.17) is 0 Å². The van der Waals surface area contributed by atoms with Gasteiger partial charge < -0.3 is 10.3 Å². The molecular formula is C8H12BrN3. The van der Waals surface area contributed by atoms with Gasteiger partial charge in [0.2, 0.25) is 0 Å². The average Bonchev–Trinajstić information content (AvgIpc) is 2.56. The second-order valence-corrected chi connectivity index (χ2v) is 4.23. The maximum atomic E-state index is 4.18. The second kappa shape index (κ2) is 3.18. The standard InChI is InChI=1S/C8H12BrN3/c1-5-2-6(5)10-4-8-11-3-7(9)12-8/h3,5-6,10H,2,4H2,1H3,(H,11,12). The number of rotatable bonds is 3. The number of halogens is 1. The molecule has 3 nitrogen and oxygen atoms in total. The van der Waals surface area contributed by atoms with Crippen LogP contribution in [0.15, 0.2) is 10.8 Å². The molecule has 66 valence electrons. The first-order chi connectivity index (χ1) is 5.75. The molecule has 1 heterocycles. The normalized spacial score (nSPS) is 27.5. The van der Waals surface area contributed by atoms with Crippen molar-refractivity contribution in [3.63, 3.8) is 0 Å². The Morgan fingerprint density at radius 1 is 1.83 bits per heavy atom. The van der Waals surface area contributed by atoms with Gasteiger partial charge in [0, 0.05) is 6.04 Å². The first kappa shape index (κ1) is 8.26. The molecule has 2 atom stereocenters. The lowest BCUT2D eigenvalue weighted by Gasteiger charge is -1.98. The Kier molecular flexibility index (Phi) is 2.19. The molecule has 2 N–H and O–H groups in total. The van der Waals surface area contributed by atoms with Crippen molar-refractivity contribution in [1.82, 2.24) is 15.3 Å². The number of H-pyrrole nitrogens is 1. The van der Waals surface area contributed by atoms with E-state index in [2.05, 4.69) is 38.1 Å². The summed E-state index contributed by atoms with van der Waals surface area (Å²) in [4.78, 5) is 7.29. The predicted octanol–water partition coefficient (Wildman–Crippen LogP) is 1.67. The Balaban J connectivity index is 1.80. The molecule has 4 heteroatoms. The Hall–Kier alpha value is -0.350. The fraction of sp³-hybridized carbons (Fsp3) is 0.625. The highest BCUT2D eigenvalue weighted by molar-refractivity contribution is 9.10. The average molecular weight is 230 g/mol. The van der Waals surface area contributed by atoms with Gasteiger partial charge in [0.15, 0.2) is 0 Å². The predicted molar refractivity (Wildman–Crippen MR) is 50.7 cm³/mol. The van der Waals surface area contributed by atoms with Gasteiger partial charge in [-0.2, -0.15) is 0 Å². The Labute approximate surface area is 80.1 Å². The molecule has 2 rings (SSSR count). The molecule has 0 saturated heterocycles. The summed E-state index contributed by atoms with van der Waals surface area (Å²) in [5, 5.41) is 3.42. The SMILES string of the molecule is CC1CC1NCc1ncc(Br)[nH]1. The van der Waals surface area contributed by atoms with Gasteiger partial charge in [-0.25, -0.2) is 4.98 Å².